The monoisotopic (exact) mass is 233 g/mol. The zero-order chi connectivity index (χ0) is 12.7. The topological polar surface area (TPSA) is 55.7 Å². The van der Waals surface area contributed by atoms with Gasteiger partial charge in [-0.15, -0.1) is 0 Å². The van der Waals surface area contributed by atoms with Gasteiger partial charge in [0, 0.05) is 18.9 Å². The number of hydrogen-bond acceptors (Lipinski definition) is 4. The summed E-state index contributed by atoms with van der Waals surface area (Å²) in [4.78, 5) is 26.7. The number of oxime groups is 1. The van der Waals surface area contributed by atoms with Crippen LogP contribution in [-0.2, 0) is 9.63 Å². The van der Waals surface area contributed by atoms with Crippen LogP contribution >= 0.6 is 0 Å². The van der Waals surface area contributed by atoms with Crippen molar-refractivity contribution in [3.63, 3.8) is 0 Å². The SMILES string of the molecule is CC(=O)O/N=C(\C)CCC(=O)c1ccccc1. The van der Waals surface area contributed by atoms with Gasteiger partial charge in [-0.1, -0.05) is 35.5 Å². The lowest BCUT2D eigenvalue weighted by atomic mass is 10.1. The van der Waals surface area contributed by atoms with E-state index in [1.807, 2.05) is 18.2 Å². The molecule has 0 aliphatic rings. The number of hydrogen-bond donors (Lipinski definition) is 0. The maximum absolute atomic E-state index is 11.7. The number of benzene rings is 1. The summed E-state index contributed by atoms with van der Waals surface area (Å²) < 4.78 is 0. The standard InChI is InChI=1S/C13H15NO3/c1-10(14-17-11(2)15)8-9-13(16)12-6-4-3-5-7-12/h3-7H,8-9H2,1-2H3/b14-10+. The second kappa shape index (κ2) is 6.58. The molecule has 0 amide bonds. The first-order valence-electron chi connectivity index (χ1n) is 5.39. The Balaban J connectivity index is 2.44. The van der Waals surface area contributed by atoms with Gasteiger partial charge in [0.25, 0.3) is 0 Å². The van der Waals surface area contributed by atoms with Gasteiger partial charge in [0.05, 0.1) is 5.71 Å². The van der Waals surface area contributed by atoms with E-state index in [0.29, 0.717) is 24.1 Å². The molecule has 0 saturated heterocycles. The molecule has 0 unspecified atom stereocenters. The van der Waals surface area contributed by atoms with Crippen LogP contribution in [0.1, 0.15) is 37.0 Å². The van der Waals surface area contributed by atoms with Gasteiger partial charge in [0.1, 0.15) is 0 Å². The molecule has 0 aromatic heterocycles. The summed E-state index contributed by atoms with van der Waals surface area (Å²) in [6, 6.07) is 9.08. The molecule has 0 saturated carbocycles. The zero-order valence-corrected chi connectivity index (χ0v) is 9.97. The minimum absolute atomic E-state index is 0.0583. The third-order valence-corrected chi connectivity index (χ3v) is 2.14. The van der Waals surface area contributed by atoms with Crippen LogP contribution in [0.5, 0.6) is 0 Å². The van der Waals surface area contributed by atoms with E-state index < -0.39 is 5.97 Å². The molecular formula is C13H15NO3. The Hall–Kier alpha value is -1.97. The summed E-state index contributed by atoms with van der Waals surface area (Å²) in [6.45, 7) is 3.01. The van der Waals surface area contributed by atoms with E-state index in [0.717, 1.165) is 0 Å². The molecule has 0 atom stereocenters. The summed E-state index contributed by atoms with van der Waals surface area (Å²) in [6.07, 6.45) is 0.849. The van der Waals surface area contributed by atoms with Crippen molar-refractivity contribution in [2.75, 3.05) is 0 Å². The van der Waals surface area contributed by atoms with Gasteiger partial charge in [0.15, 0.2) is 5.78 Å². The molecule has 0 fully saturated rings. The number of carbonyl (C=O) groups excluding carboxylic acids is 2. The van der Waals surface area contributed by atoms with Crippen molar-refractivity contribution in [2.24, 2.45) is 5.16 Å². The Morgan fingerprint density at radius 1 is 1.12 bits per heavy atom. The third-order valence-electron chi connectivity index (χ3n) is 2.14. The van der Waals surface area contributed by atoms with Gasteiger partial charge in [-0.25, -0.2) is 4.79 Å². The van der Waals surface area contributed by atoms with Gasteiger partial charge in [-0.2, -0.15) is 0 Å². The van der Waals surface area contributed by atoms with Crippen LogP contribution in [0.2, 0.25) is 0 Å². The van der Waals surface area contributed by atoms with E-state index in [-0.39, 0.29) is 5.78 Å². The van der Waals surface area contributed by atoms with Crippen molar-refractivity contribution in [3.8, 4) is 0 Å². The fraction of sp³-hybridized carbons (Fsp3) is 0.308. The smallest absolute Gasteiger partial charge is 0.319 e. The average Bonchev–Trinajstić information content (AvgIpc) is 2.34. The highest BCUT2D eigenvalue weighted by atomic mass is 16.7. The minimum Gasteiger partial charge on any atom is -0.319 e. The Bertz CT molecular complexity index is 424. The van der Waals surface area contributed by atoms with E-state index in [4.69, 9.17) is 0 Å². The van der Waals surface area contributed by atoms with Crippen LogP contribution in [0.15, 0.2) is 35.5 Å². The summed E-state index contributed by atoms with van der Waals surface area (Å²) >= 11 is 0. The molecule has 0 aliphatic carbocycles. The van der Waals surface area contributed by atoms with Crippen molar-refractivity contribution in [1.29, 1.82) is 0 Å². The van der Waals surface area contributed by atoms with Crippen LogP contribution in [0, 0.1) is 0 Å². The molecule has 1 aromatic rings. The van der Waals surface area contributed by atoms with E-state index in [9.17, 15) is 9.59 Å². The van der Waals surface area contributed by atoms with E-state index in [1.165, 1.54) is 6.92 Å². The molecule has 0 N–H and O–H groups in total. The summed E-state index contributed by atoms with van der Waals surface area (Å²) in [5, 5.41) is 3.60. The molecule has 4 heteroatoms. The maximum atomic E-state index is 11.7. The fourth-order valence-corrected chi connectivity index (χ4v) is 1.25. The molecule has 90 valence electrons. The molecule has 0 heterocycles. The molecular weight excluding hydrogens is 218 g/mol. The lowest BCUT2D eigenvalue weighted by Gasteiger charge is -2.00. The minimum atomic E-state index is -0.460. The van der Waals surface area contributed by atoms with Crippen molar-refractivity contribution >= 4 is 17.5 Å². The van der Waals surface area contributed by atoms with Crippen molar-refractivity contribution in [3.05, 3.63) is 35.9 Å². The molecule has 17 heavy (non-hydrogen) atoms. The molecule has 0 aliphatic heterocycles. The second-order valence-electron chi connectivity index (χ2n) is 3.70. The Kier molecular flexibility index (Phi) is 5.07. The average molecular weight is 233 g/mol. The van der Waals surface area contributed by atoms with Gasteiger partial charge in [-0.05, 0) is 13.3 Å². The van der Waals surface area contributed by atoms with Crippen LogP contribution in [-0.4, -0.2) is 17.5 Å². The normalized spacial score (nSPS) is 11.1. The van der Waals surface area contributed by atoms with Crippen LogP contribution in [0.3, 0.4) is 0 Å². The Morgan fingerprint density at radius 2 is 1.76 bits per heavy atom. The van der Waals surface area contributed by atoms with E-state index >= 15 is 0 Å². The highest BCUT2D eigenvalue weighted by Crippen LogP contribution is 2.05. The van der Waals surface area contributed by atoms with Crippen molar-refractivity contribution in [2.45, 2.75) is 26.7 Å². The number of nitrogens with zero attached hydrogens (tertiary/aromatic N) is 1. The van der Waals surface area contributed by atoms with Crippen LogP contribution in [0.25, 0.3) is 0 Å². The lowest BCUT2D eigenvalue weighted by molar-refractivity contribution is -0.140. The van der Waals surface area contributed by atoms with Crippen molar-refractivity contribution < 1.29 is 14.4 Å². The predicted octanol–water partition coefficient (Wildman–Crippen LogP) is 2.59. The number of Topliss-reactive ketones (excluding diaryl/α,β-unsaturated/α-hetero) is 1. The largest absolute Gasteiger partial charge is 0.331 e. The molecule has 4 nitrogen and oxygen atoms in total. The number of ketones is 1. The Labute approximate surface area is 100 Å². The van der Waals surface area contributed by atoms with E-state index in [2.05, 4.69) is 9.99 Å². The van der Waals surface area contributed by atoms with Gasteiger partial charge < -0.3 is 4.84 Å². The van der Waals surface area contributed by atoms with Crippen LogP contribution in [0.4, 0.5) is 0 Å². The molecule has 0 bridgehead atoms. The number of rotatable bonds is 5. The number of carbonyl (C=O) groups is 2. The second-order valence-corrected chi connectivity index (χ2v) is 3.70. The predicted molar refractivity (Wildman–Crippen MR) is 64.9 cm³/mol. The highest BCUT2D eigenvalue weighted by Gasteiger charge is 2.05. The first-order chi connectivity index (χ1) is 8.09. The van der Waals surface area contributed by atoms with Crippen LogP contribution < -0.4 is 0 Å². The maximum Gasteiger partial charge on any atom is 0.331 e. The summed E-state index contributed by atoms with van der Waals surface area (Å²) in [5.41, 5.74) is 1.32. The molecule has 0 spiro atoms. The van der Waals surface area contributed by atoms with Gasteiger partial charge >= 0.3 is 5.97 Å². The van der Waals surface area contributed by atoms with E-state index in [1.54, 1.807) is 19.1 Å². The fourth-order valence-electron chi connectivity index (χ4n) is 1.25. The Morgan fingerprint density at radius 3 is 2.35 bits per heavy atom. The molecule has 1 rings (SSSR count). The van der Waals surface area contributed by atoms with Gasteiger partial charge in [-0.3, -0.25) is 4.79 Å². The summed E-state index contributed by atoms with van der Waals surface area (Å²) in [5.74, 6) is -0.401. The van der Waals surface area contributed by atoms with Gasteiger partial charge in [0.2, 0.25) is 0 Å². The first kappa shape index (κ1) is 13.1. The first-order valence-corrected chi connectivity index (χ1v) is 5.39. The third kappa shape index (κ3) is 5.06. The lowest BCUT2D eigenvalue weighted by Crippen LogP contribution is -2.03. The quantitative estimate of drug-likeness (QED) is 0.340. The summed E-state index contributed by atoms with van der Waals surface area (Å²) in [7, 11) is 0. The van der Waals surface area contributed by atoms with Crippen molar-refractivity contribution in [1.82, 2.24) is 0 Å². The highest BCUT2D eigenvalue weighted by molar-refractivity contribution is 5.98. The molecule has 0 radical (unpaired) electrons. The molecule has 1 aromatic carbocycles. The zero-order valence-electron chi connectivity index (χ0n) is 9.97.